The van der Waals surface area contributed by atoms with Crippen molar-refractivity contribution in [3.05, 3.63) is 34.4 Å². The predicted octanol–water partition coefficient (Wildman–Crippen LogP) is 2.10. The number of ether oxygens (including phenoxy) is 1. The van der Waals surface area contributed by atoms with Gasteiger partial charge in [-0.25, -0.2) is 0 Å². The zero-order chi connectivity index (χ0) is 13.8. The molecule has 0 saturated heterocycles. The number of benzene rings is 1. The Hall–Kier alpha value is -2.15. The Labute approximate surface area is 115 Å². The van der Waals surface area contributed by atoms with Gasteiger partial charge in [0.15, 0.2) is 5.82 Å². The zero-order valence-electron chi connectivity index (χ0n) is 10.6. The van der Waals surface area contributed by atoms with Gasteiger partial charge in [-0.05, 0) is 30.4 Å². The van der Waals surface area contributed by atoms with E-state index in [2.05, 4.69) is 15.3 Å². The highest BCUT2D eigenvalue weighted by molar-refractivity contribution is 7.71. The Morgan fingerprint density at radius 1 is 1.58 bits per heavy atom. The lowest BCUT2D eigenvalue weighted by atomic mass is 10.2. The van der Waals surface area contributed by atoms with Crippen LogP contribution in [0, 0.1) is 4.77 Å². The second kappa shape index (κ2) is 5.66. The van der Waals surface area contributed by atoms with E-state index in [1.807, 2.05) is 6.92 Å². The molecule has 1 aromatic heterocycles. The number of H-pyrrole nitrogens is 1. The van der Waals surface area contributed by atoms with Crippen molar-refractivity contribution in [2.24, 2.45) is 5.10 Å². The van der Waals surface area contributed by atoms with Gasteiger partial charge in [-0.2, -0.15) is 14.9 Å². The van der Waals surface area contributed by atoms with Gasteiger partial charge in [0.25, 0.3) is 0 Å². The zero-order valence-corrected chi connectivity index (χ0v) is 11.4. The molecule has 0 amide bonds. The summed E-state index contributed by atoms with van der Waals surface area (Å²) in [5.41, 5.74) is 0.546. The molecule has 0 radical (unpaired) electrons. The maximum Gasteiger partial charge on any atom is 0.216 e. The van der Waals surface area contributed by atoms with E-state index in [4.69, 9.17) is 17.0 Å². The number of phenolic OH excluding ortho intramolecular Hbond substituents is 1. The summed E-state index contributed by atoms with van der Waals surface area (Å²) in [6.45, 7) is 1.96. The highest BCUT2D eigenvalue weighted by atomic mass is 32.1. The highest BCUT2D eigenvalue weighted by Crippen LogP contribution is 2.21. The lowest BCUT2D eigenvalue weighted by Crippen LogP contribution is -1.97. The summed E-state index contributed by atoms with van der Waals surface area (Å²) < 4.78 is 7.03. The van der Waals surface area contributed by atoms with Crippen molar-refractivity contribution in [3.8, 4) is 11.5 Å². The van der Waals surface area contributed by atoms with Gasteiger partial charge >= 0.3 is 0 Å². The number of aryl methyl sites for hydroxylation is 1. The van der Waals surface area contributed by atoms with Crippen molar-refractivity contribution in [2.75, 3.05) is 7.11 Å². The summed E-state index contributed by atoms with van der Waals surface area (Å²) in [6, 6.07) is 4.91. The summed E-state index contributed by atoms with van der Waals surface area (Å²) in [7, 11) is 1.56. The fourth-order valence-electron chi connectivity index (χ4n) is 1.56. The maximum absolute atomic E-state index is 9.75. The quantitative estimate of drug-likeness (QED) is 0.663. The van der Waals surface area contributed by atoms with Crippen LogP contribution in [-0.2, 0) is 6.42 Å². The number of aromatic nitrogens is 3. The van der Waals surface area contributed by atoms with Crippen LogP contribution in [0.1, 0.15) is 18.3 Å². The van der Waals surface area contributed by atoms with Crippen LogP contribution in [-0.4, -0.2) is 33.3 Å². The molecule has 0 fully saturated rings. The van der Waals surface area contributed by atoms with Crippen LogP contribution in [0.4, 0.5) is 0 Å². The van der Waals surface area contributed by atoms with Crippen LogP contribution in [0.15, 0.2) is 23.3 Å². The molecule has 19 heavy (non-hydrogen) atoms. The van der Waals surface area contributed by atoms with Crippen molar-refractivity contribution in [1.29, 1.82) is 0 Å². The largest absolute Gasteiger partial charge is 0.507 e. The molecule has 0 unspecified atom stereocenters. The summed E-state index contributed by atoms with van der Waals surface area (Å²) in [4.78, 5) is 0. The van der Waals surface area contributed by atoms with Crippen molar-refractivity contribution in [3.63, 3.8) is 0 Å². The number of aromatic amines is 1. The number of nitrogens with zero attached hydrogens (tertiary/aromatic N) is 3. The number of aromatic hydroxyl groups is 1. The van der Waals surface area contributed by atoms with Crippen LogP contribution in [0.25, 0.3) is 0 Å². The summed E-state index contributed by atoms with van der Waals surface area (Å²) in [6.07, 6.45) is 2.22. The smallest absolute Gasteiger partial charge is 0.216 e. The Kier molecular flexibility index (Phi) is 3.96. The first-order valence-corrected chi connectivity index (χ1v) is 6.14. The monoisotopic (exact) mass is 278 g/mol. The standard InChI is InChI=1S/C12H14N4O2S/c1-3-11-14-15-12(19)16(11)13-7-8-6-9(18-2)4-5-10(8)17/h4-7,17H,3H2,1-2H3,(H,15,19). The molecule has 100 valence electrons. The molecule has 2 aromatic rings. The third-order valence-corrected chi connectivity index (χ3v) is 2.84. The minimum absolute atomic E-state index is 0.123. The maximum atomic E-state index is 9.75. The van der Waals surface area contributed by atoms with Crippen molar-refractivity contribution in [2.45, 2.75) is 13.3 Å². The van der Waals surface area contributed by atoms with E-state index < -0.39 is 0 Å². The predicted molar refractivity (Wildman–Crippen MR) is 74.4 cm³/mol. The van der Waals surface area contributed by atoms with E-state index in [-0.39, 0.29) is 5.75 Å². The van der Waals surface area contributed by atoms with Crippen LogP contribution in [0.3, 0.4) is 0 Å². The lowest BCUT2D eigenvalue weighted by Gasteiger charge is -2.03. The van der Waals surface area contributed by atoms with Gasteiger partial charge in [0.1, 0.15) is 11.5 Å². The number of methoxy groups -OCH3 is 1. The molecule has 0 atom stereocenters. The summed E-state index contributed by atoms with van der Waals surface area (Å²) in [5, 5.41) is 20.7. The van der Waals surface area contributed by atoms with E-state index in [0.29, 0.717) is 22.5 Å². The molecular weight excluding hydrogens is 264 g/mol. The highest BCUT2D eigenvalue weighted by Gasteiger charge is 2.03. The molecule has 0 spiro atoms. The Morgan fingerprint density at radius 2 is 2.37 bits per heavy atom. The van der Waals surface area contributed by atoms with E-state index in [1.54, 1.807) is 25.3 Å². The topological polar surface area (TPSA) is 75.4 Å². The first-order valence-electron chi connectivity index (χ1n) is 5.73. The average molecular weight is 278 g/mol. The molecule has 0 saturated carbocycles. The van der Waals surface area contributed by atoms with Gasteiger partial charge in [-0.3, -0.25) is 5.10 Å². The molecule has 0 aliphatic heterocycles. The summed E-state index contributed by atoms with van der Waals surface area (Å²) >= 11 is 5.08. The third-order valence-electron chi connectivity index (χ3n) is 2.58. The average Bonchev–Trinajstić information content (AvgIpc) is 2.78. The number of hydrogen-bond donors (Lipinski definition) is 2. The Bertz CT molecular complexity index is 660. The van der Waals surface area contributed by atoms with Crippen LogP contribution >= 0.6 is 12.2 Å². The van der Waals surface area contributed by atoms with Gasteiger partial charge in [-0.15, -0.1) is 0 Å². The van der Waals surface area contributed by atoms with E-state index >= 15 is 0 Å². The van der Waals surface area contributed by atoms with E-state index in [0.717, 1.165) is 5.82 Å². The number of nitrogens with one attached hydrogen (secondary N) is 1. The number of rotatable bonds is 4. The van der Waals surface area contributed by atoms with Gasteiger partial charge in [0.2, 0.25) is 4.77 Å². The molecule has 0 aliphatic rings. The van der Waals surface area contributed by atoms with Crippen molar-refractivity contribution < 1.29 is 9.84 Å². The molecule has 2 rings (SSSR count). The van der Waals surface area contributed by atoms with E-state index in [9.17, 15) is 5.11 Å². The Morgan fingerprint density at radius 3 is 3.05 bits per heavy atom. The van der Waals surface area contributed by atoms with Crippen LogP contribution in [0.5, 0.6) is 11.5 Å². The minimum Gasteiger partial charge on any atom is -0.507 e. The fourth-order valence-corrected chi connectivity index (χ4v) is 1.75. The van der Waals surface area contributed by atoms with Gasteiger partial charge in [-0.1, -0.05) is 6.92 Å². The molecule has 6 nitrogen and oxygen atoms in total. The SMILES string of the molecule is CCc1n[nH]c(=S)n1N=Cc1cc(OC)ccc1O. The van der Waals surface area contributed by atoms with Crippen molar-refractivity contribution in [1.82, 2.24) is 14.9 Å². The molecule has 1 heterocycles. The molecule has 7 heteroatoms. The Balaban J connectivity index is 2.37. The fraction of sp³-hybridized carbons (Fsp3) is 0.250. The van der Waals surface area contributed by atoms with Gasteiger partial charge < -0.3 is 9.84 Å². The second-order valence-electron chi connectivity index (χ2n) is 3.78. The number of hydrogen-bond acceptors (Lipinski definition) is 5. The first kappa shape index (κ1) is 13.3. The van der Waals surface area contributed by atoms with Crippen LogP contribution < -0.4 is 4.74 Å². The normalized spacial score (nSPS) is 11.1. The molecule has 0 aliphatic carbocycles. The summed E-state index contributed by atoms with van der Waals surface area (Å²) in [5.74, 6) is 1.49. The van der Waals surface area contributed by atoms with Gasteiger partial charge in [0.05, 0.1) is 13.3 Å². The second-order valence-corrected chi connectivity index (χ2v) is 4.17. The molecule has 2 N–H and O–H groups in total. The van der Waals surface area contributed by atoms with E-state index in [1.165, 1.54) is 10.9 Å². The molecule has 0 bridgehead atoms. The van der Waals surface area contributed by atoms with Crippen LogP contribution in [0.2, 0.25) is 0 Å². The van der Waals surface area contributed by atoms with Gasteiger partial charge in [0, 0.05) is 12.0 Å². The first-order chi connectivity index (χ1) is 9.15. The molecular formula is C12H14N4O2S. The number of phenols is 1. The minimum atomic E-state index is 0.123. The van der Waals surface area contributed by atoms with Crippen molar-refractivity contribution >= 4 is 18.4 Å². The molecule has 1 aromatic carbocycles. The lowest BCUT2D eigenvalue weighted by molar-refractivity contribution is 0.412. The third kappa shape index (κ3) is 2.82.